The molecule has 0 bridgehead atoms. The fraction of sp³-hybridized carbons (Fsp3) is 0.667. The topological polar surface area (TPSA) is 45.1 Å². The molecule has 0 spiro atoms. The van der Waals surface area contributed by atoms with Gasteiger partial charge in [-0.05, 0) is 50.1 Å². The van der Waals surface area contributed by atoms with Crippen LogP contribution in [0.1, 0.15) is 39.5 Å². The first kappa shape index (κ1) is 16.5. The number of nitrogens with one attached hydrogen (secondary N) is 1. The van der Waals surface area contributed by atoms with Gasteiger partial charge in [-0.25, -0.2) is 4.98 Å². The van der Waals surface area contributed by atoms with Crippen molar-refractivity contribution < 1.29 is 5.11 Å². The molecule has 1 aromatic rings. The molecule has 0 amide bonds. The summed E-state index contributed by atoms with van der Waals surface area (Å²) in [5, 5.41) is 14.2. The molecule has 1 heterocycles. The Morgan fingerprint density at radius 1 is 1.37 bits per heavy atom. The number of pyridine rings is 1. The van der Waals surface area contributed by atoms with Crippen molar-refractivity contribution in [1.82, 2.24) is 10.3 Å². The Balaban J connectivity index is 2.32. The average molecular weight is 282 g/mol. The Kier molecular flexibility index (Phi) is 8.10. The largest absolute Gasteiger partial charge is 0.394 e. The van der Waals surface area contributed by atoms with E-state index in [0.717, 1.165) is 43.0 Å². The minimum Gasteiger partial charge on any atom is -0.394 e. The quantitative estimate of drug-likeness (QED) is 0.511. The van der Waals surface area contributed by atoms with Gasteiger partial charge in [-0.15, -0.1) is 11.8 Å². The van der Waals surface area contributed by atoms with Crippen LogP contribution in [0.3, 0.4) is 0 Å². The third-order valence-corrected chi connectivity index (χ3v) is 4.45. The van der Waals surface area contributed by atoms with Crippen molar-refractivity contribution in [2.45, 2.75) is 50.1 Å². The molecule has 0 saturated heterocycles. The minimum atomic E-state index is -0.0965. The first-order valence-electron chi connectivity index (χ1n) is 7.16. The van der Waals surface area contributed by atoms with E-state index in [2.05, 4.69) is 24.1 Å². The molecule has 1 atom stereocenters. The maximum absolute atomic E-state index is 9.64. The van der Waals surface area contributed by atoms with Crippen molar-refractivity contribution >= 4 is 11.8 Å². The van der Waals surface area contributed by atoms with Gasteiger partial charge in [0.1, 0.15) is 0 Å². The van der Waals surface area contributed by atoms with Crippen molar-refractivity contribution in [2.75, 3.05) is 18.9 Å². The highest BCUT2D eigenvalue weighted by Gasteiger charge is 2.25. The van der Waals surface area contributed by atoms with E-state index in [0.29, 0.717) is 0 Å². The lowest BCUT2D eigenvalue weighted by atomic mass is 9.91. The summed E-state index contributed by atoms with van der Waals surface area (Å²) in [5.74, 6) is 1.05. The molecule has 0 radical (unpaired) electrons. The van der Waals surface area contributed by atoms with Gasteiger partial charge in [0.05, 0.1) is 11.6 Å². The monoisotopic (exact) mass is 282 g/mol. The Bertz CT molecular complexity index is 328. The van der Waals surface area contributed by atoms with Gasteiger partial charge in [0.25, 0.3) is 0 Å². The third-order valence-electron chi connectivity index (χ3n) is 3.42. The highest BCUT2D eigenvalue weighted by Crippen LogP contribution is 2.21. The first-order valence-corrected chi connectivity index (χ1v) is 8.14. The minimum absolute atomic E-state index is 0.0965. The first-order chi connectivity index (χ1) is 9.26. The molecule has 0 aliphatic rings. The lowest BCUT2D eigenvalue weighted by molar-refractivity contribution is 0.146. The second kappa shape index (κ2) is 9.34. The third kappa shape index (κ3) is 5.93. The van der Waals surface area contributed by atoms with Crippen molar-refractivity contribution in [1.29, 1.82) is 0 Å². The van der Waals surface area contributed by atoms with Gasteiger partial charge in [-0.1, -0.05) is 19.9 Å². The van der Waals surface area contributed by atoms with E-state index < -0.39 is 0 Å². The summed E-state index contributed by atoms with van der Waals surface area (Å²) in [6.07, 6.45) is 6.00. The number of aliphatic hydroxyl groups is 1. The predicted octanol–water partition coefficient (Wildman–Crippen LogP) is 3.09. The van der Waals surface area contributed by atoms with Crippen LogP contribution in [0.5, 0.6) is 0 Å². The van der Waals surface area contributed by atoms with Crippen LogP contribution in [0.4, 0.5) is 0 Å². The second-order valence-electron chi connectivity index (χ2n) is 4.84. The smallest absolute Gasteiger partial charge is 0.0959 e. The van der Waals surface area contributed by atoms with Crippen LogP contribution in [-0.2, 0) is 0 Å². The van der Waals surface area contributed by atoms with E-state index in [1.165, 1.54) is 0 Å². The van der Waals surface area contributed by atoms with E-state index in [1.807, 2.05) is 24.4 Å². The number of hydrogen-bond donors (Lipinski definition) is 2. The van der Waals surface area contributed by atoms with E-state index in [9.17, 15) is 5.11 Å². The van der Waals surface area contributed by atoms with Gasteiger partial charge in [0.15, 0.2) is 0 Å². The summed E-state index contributed by atoms with van der Waals surface area (Å²) in [5.41, 5.74) is -0.0965. The molecule has 108 valence electrons. The van der Waals surface area contributed by atoms with E-state index >= 15 is 0 Å². The molecule has 4 heteroatoms. The summed E-state index contributed by atoms with van der Waals surface area (Å²) >= 11 is 1.79. The van der Waals surface area contributed by atoms with Gasteiger partial charge in [-0.2, -0.15) is 0 Å². The standard InChI is InChI=1S/C15H26N2OS/c1-3-10-17-15(4-2,13-18)9-7-12-19-14-8-5-6-11-16-14/h5-6,8,11,17-18H,3-4,7,9-10,12-13H2,1-2H3. The second-order valence-corrected chi connectivity index (χ2v) is 5.95. The summed E-state index contributed by atoms with van der Waals surface area (Å²) in [4.78, 5) is 4.30. The molecule has 1 aromatic heterocycles. The highest BCUT2D eigenvalue weighted by molar-refractivity contribution is 7.99. The Hall–Kier alpha value is -0.580. The lowest BCUT2D eigenvalue weighted by Crippen LogP contribution is -2.48. The molecule has 1 unspecified atom stereocenters. The maximum atomic E-state index is 9.64. The number of thioether (sulfide) groups is 1. The van der Waals surface area contributed by atoms with Gasteiger partial charge in [0, 0.05) is 11.7 Å². The highest BCUT2D eigenvalue weighted by atomic mass is 32.2. The Morgan fingerprint density at radius 2 is 2.21 bits per heavy atom. The number of rotatable bonds is 10. The Morgan fingerprint density at radius 3 is 2.79 bits per heavy atom. The van der Waals surface area contributed by atoms with E-state index in [1.54, 1.807) is 11.8 Å². The van der Waals surface area contributed by atoms with Crippen LogP contribution < -0.4 is 5.32 Å². The molecule has 2 N–H and O–H groups in total. The van der Waals surface area contributed by atoms with E-state index in [4.69, 9.17) is 0 Å². The van der Waals surface area contributed by atoms with Gasteiger partial charge >= 0.3 is 0 Å². The zero-order valence-electron chi connectivity index (χ0n) is 12.1. The lowest BCUT2D eigenvalue weighted by Gasteiger charge is -2.32. The van der Waals surface area contributed by atoms with Crippen LogP contribution in [0.25, 0.3) is 0 Å². The molecule has 0 saturated carbocycles. The zero-order chi connectivity index (χ0) is 14.0. The SMILES string of the molecule is CCCNC(CC)(CO)CCCSc1ccccn1. The number of aromatic nitrogens is 1. The van der Waals surface area contributed by atoms with Crippen molar-refractivity contribution in [3.05, 3.63) is 24.4 Å². The van der Waals surface area contributed by atoms with Crippen LogP contribution in [-0.4, -0.2) is 34.5 Å². The maximum Gasteiger partial charge on any atom is 0.0959 e. The van der Waals surface area contributed by atoms with Gasteiger partial charge in [-0.3, -0.25) is 0 Å². The molecule has 19 heavy (non-hydrogen) atoms. The van der Waals surface area contributed by atoms with Crippen molar-refractivity contribution in [2.24, 2.45) is 0 Å². The average Bonchev–Trinajstić information content (AvgIpc) is 2.48. The van der Waals surface area contributed by atoms with Crippen LogP contribution in [0.2, 0.25) is 0 Å². The van der Waals surface area contributed by atoms with Gasteiger partial charge in [0.2, 0.25) is 0 Å². The fourth-order valence-corrected chi connectivity index (χ4v) is 2.85. The predicted molar refractivity (Wildman–Crippen MR) is 82.6 cm³/mol. The van der Waals surface area contributed by atoms with Crippen LogP contribution in [0.15, 0.2) is 29.4 Å². The summed E-state index contributed by atoms with van der Waals surface area (Å²) in [6.45, 7) is 5.49. The normalized spacial score (nSPS) is 14.3. The number of aliphatic hydroxyl groups excluding tert-OH is 1. The van der Waals surface area contributed by atoms with Crippen LogP contribution >= 0.6 is 11.8 Å². The van der Waals surface area contributed by atoms with E-state index in [-0.39, 0.29) is 12.1 Å². The summed E-state index contributed by atoms with van der Waals surface area (Å²) < 4.78 is 0. The molecule has 0 aromatic carbocycles. The number of nitrogens with zero attached hydrogens (tertiary/aromatic N) is 1. The molecule has 0 aliphatic carbocycles. The Labute approximate surface area is 121 Å². The zero-order valence-corrected chi connectivity index (χ0v) is 12.9. The molecular weight excluding hydrogens is 256 g/mol. The number of hydrogen-bond acceptors (Lipinski definition) is 4. The van der Waals surface area contributed by atoms with Crippen LogP contribution in [0, 0.1) is 0 Å². The molecule has 0 aliphatic heterocycles. The molecule has 1 rings (SSSR count). The molecule has 0 fully saturated rings. The summed E-state index contributed by atoms with van der Waals surface area (Å²) in [7, 11) is 0. The molecular formula is C15H26N2OS. The summed E-state index contributed by atoms with van der Waals surface area (Å²) in [6, 6.07) is 5.99. The fourth-order valence-electron chi connectivity index (χ4n) is 2.05. The molecule has 3 nitrogen and oxygen atoms in total. The van der Waals surface area contributed by atoms with Gasteiger partial charge < -0.3 is 10.4 Å². The van der Waals surface area contributed by atoms with Crippen molar-refractivity contribution in [3.8, 4) is 0 Å². The van der Waals surface area contributed by atoms with Crippen molar-refractivity contribution in [3.63, 3.8) is 0 Å².